The predicted molar refractivity (Wildman–Crippen MR) is 108 cm³/mol. The molecule has 0 aliphatic carbocycles. The molecule has 0 fully saturated rings. The zero-order chi connectivity index (χ0) is 19.7. The maximum Gasteiger partial charge on any atom is 0.337 e. The van der Waals surface area contributed by atoms with E-state index in [0.29, 0.717) is 22.4 Å². The highest BCUT2D eigenvalue weighted by Crippen LogP contribution is 2.26. The third-order valence-electron chi connectivity index (χ3n) is 4.23. The lowest BCUT2D eigenvalue weighted by Crippen LogP contribution is -2.15. The van der Waals surface area contributed by atoms with Crippen LogP contribution in [0.4, 0.5) is 5.69 Å². The lowest BCUT2D eigenvalue weighted by molar-refractivity contribution is 0.102. The molecular formula is C22H18N2O4. The molecule has 0 saturated carbocycles. The Bertz CT molecular complexity index is 1240. The van der Waals surface area contributed by atoms with Crippen molar-refractivity contribution in [3.8, 4) is 5.75 Å². The van der Waals surface area contributed by atoms with Crippen molar-refractivity contribution in [3.63, 3.8) is 0 Å². The van der Waals surface area contributed by atoms with E-state index in [1.807, 2.05) is 32.0 Å². The van der Waals surface area contributed by atoms with E-state index >= 15 is 0 Å². The molecule has 28 heavy (non-hydrogen) atoms. The van der Waals surface area contributed by atoms with Crippen molar-refractivity contribution < 1.29 is 13.9 Å². The van der Waals surface area contributed by atoms with Crippen molar-refractivity contribution in [1.82, 2.24) is 4.98 Å². The minimum Gasteiger partial charge on any atom is -0.491 e. The molecule has 4 aromatic rings. The summed E-state index contributed by atoms with van der Waals surface area (Å²) in [4.78, 5) is 29.2. The molecule has 0 spiro atoms. The molecule has 0 aliphatic heterocycles. The van der Waals surface area contributed by atoms with Gasteiger partial charge >= 0.3 is 5.63 Å². The fourth-order valence-electron chi connectivity index (χ4n) is 3.08. The van der Waals surface area contributed by atoms with Crippen molar-refractivity contribution in [3.05, 3.63) is 76.8 Å². The minimum atomic E-state index is -0.598. The predicted octanol–water partition coefficient (Wildman–Crippen LogP) is 4.38. The number of anilines is 1. The highest BCUT2D eigenvalue weighted by Gasteiger charge is 2.15. The Morgan fingerprint density at radius 1 is 1.07 bits per heavy atom. The van der Waals surface area contributed by atoms with Gasteiger partial charge in [-0.25, -0.2) is 4.79 Å². The van der Waals surface area contributed by atoms with E-state index in [0.717, 1.165) is 10.9 Å². The number of benzene rings is 2. The molecule has 0 atom stereocenters. The number of carbonyl (C=O) groups excluding carboxylic acids is 1. The first-order valence-corrected chi connectivity index (χ1v) is 8.91. The van der Waals surface area contributed by atoms with E-state index in [1.54, 1.807) is 36.5 Å². The molecule has 0 unspecified atom stereocenters. The Hall–Kier alpha value is -3.67. The van der Waals surface area contributed by atoms with Gasteiger partial charge < -0.3 is 14.5 Å². The number of nitrogens with zero attached hydrogens (tertiary/aromatic N) is 1. The summed E-state index contributed by atoms with van der Waals surface area (Å²) < 4.78 is 10.9. The lowest BCUT2D eigenvalue weighted by atomic mass is 10.1. The summed E-state index contributed by atoms with van der Waals surface area (Å²) in [6.45, 7) is 3.81. The van der Waals surface area contributed by atoms with Crippen LogP contribution in [0.15, 0.2) is 70.0 Å². The normalized spacial score (nSPS) is 11.1. The monoisotopic (exact) mass is 374 g/mol. The first-order chi connectivity index (χ1) is 13.5. The number of amides is 1. The number of hydrogen-bond donors (Lipinski definition) is 1. The Morgan fingerprint density at radius 3 is 2.75 bits per heavy atom. The summed E-state index contributed by atoms with van der Waals surface area (Å²) in [5, 5.41) is 4.23. The van der Waals surface area contributed by atoms with Crippen molar-refractivity contribution in [1.29, 1.82) is 0 Å². The SMILES string of the molecule is CC(C)Oc1ccc2c(C(=O)Nc3cccc4ncccc34)cc(=O)oc2c1. The van der Waals surface area contributed by atoms with Gasteiger partial charge in [0.25, 0.3) is 5.91 Å². The summed E-state index contributed by atoms with van der Waals surface area (Å²) in [5.74, 6) is 0.176. The van der Waals surface area contributed by atoms with Gasteiger partial charge in [0.2, 0.25) is 0 Å². The van der Waals surface area contributed by atoms with Crippen LogP contribution in [0.5, 0.6) is 5.75 Å². The van der Waals surface area contributed by atoms with Crippen LogP contribution in [0.1, 0.15) is 24.2 Å². The van der Waals surface area contributed by atoms with Crippen molar-refractivity contribution >= 4 is 33.5 Å². The molecule has 2 heterocycles. The van der Waals surface area contributed by atoms with Crippen LogP contribution < -0.4 is 15.7 Å². The number of nitrogens with one attached hydrogen (secondary N) is 1. The molecule has 1 N–H and O–H groups in total. The van der Waals surface area contributed by atoms with Gasteiger partial charge in [-0.2, -0.15) is 0 Å². The number of rotatable bonds is 4. The summed E-state index contributed by atoms with van der Waals surface area (Å²) in [6, 6.07) is 15.5. The Morgan fingerprint density at radius 2 is 1.93 bits per heavy atom. The standard InChI is InChI=1S/C22H18N2O4/c1-13(2)27-14-8-9-15-17(12-21(25)28-20(15)11-14)22(26)24-19-7-3-6-18-16(19)5-4-10-23-18/h3-13H,1-2H3,(H,24,26). The van der Waals surface area contributed by atoms with Gasteiger partial charge in [-0.05, 0) is 50.2 Å². The second-order valence-corrected chi connectivity index (χ2v) is 6.63. The van der Waals surface area contributed by atoms with Gasteiger partial charge in [0.15, 0.2) is 0 Å². The smallest absolute Gasteiger partial charge is 0.337 e. The van der Waals surface area contributed by atoms with E-state index in [4.69, 9.17) is 9.15 Å². The van der Waals surface area contributed by atoms with Gasteiger partial charge in [0.1, 0.15) is 11.3 Å². The summed E-state index contributed by atoms with van der Waals surface area (Å²) >= 11 is 0. The number of pyridine rings is 1. The minimum absolute atomic E-state index is 0.0179. The highest BCUT2D eigenvalue weighted by molar-refractivity contribution is 6.14. The van der Waals surface area contributed by atoms with Gasteiger partial charge in [-0.3, -0.25) is 9.78 Å². The fourth-order valence-corrected chi connectivity index (χ4v) is 3.08. The van der Waals surface area contributed by atoms with Crippen LogP contribution in [0.2, 0.25) is 0 Å². The number of carbonyl (C=O) groups is 1. The second-order valence-electron chi connectivity index (χ2n) is 6.63. The molecule has 0 bridgehead atoms. The third kappa shape index (κ3) is 3.44. The second kappa shape index (κ2) is 7.15. The molecule has 0 radical (unpaired) electrons. The lowest BCUT2D eigenvalue weighted by Gasteiger charge is -2.12. The quantitative estimate of drug-likeness (QED) is 0.536. The Balaban J connectivity index is 1.75. The molecule has 0 aliphatic rings. The zero-order valence-corrected chi connectivity index (χ0v) is 15.4. The number of fused-ring (bicyclic) bond motifs is 2. The maximum atomic E-state index is 12.9. The van der Waals surface area contributed by atoms with E-state index in [2.05, 4.69) is 10.3 Å². The number of aromatic nitrogens is 1. The van der Waals surface area contributed by atoms with Gasteiger partial charge in [-0.15, -0.1) is 0 Å². The largest absolute Gasteiger partial charge is 0.491 e. The van der Waals surface area contributed by atoms with Crippen LogP contribution in [0.3, 0.4) is 0 Å². The molecule has 140 valence electrons. The van der Waals surface area contributed by atoms with Crippen LogP contribution in [0, 0.1) is 0 Å². The van der Waals surface area contributed by atoms with Crippen molar-refractivity contribution in [2.24, 2.45) is 0 Å². The Labute approximate surface area is 160 Å². The number of ether oxygens (including phenoxy) is 1. The van der Waals surface area contributed by atoms with E-state index in [-0.39, 0.29) is 11.7 Å². The summed E-state index contributed by atoms with van der Waals surface area (Å²) in [6.07, 6.45) is 1.68. The first-order valence-electron chi connectivity index (χ1n) is 8.91. The van der Waals surface area contributed by atoms with Crippen LogP contribution in [0.25, 0.3) is 21.9 Å². The molecule has 1 amide bonds. The van der Waals surface area contributed by atoms with Crippen molar-refractivity contribution in [2.45, 2.75) is 20.0 Å². The highest BCUT2D eigenvalue weighted by atomic mass is 16.5. The van der Waals surface area contributed by atoms with E-state index < -0.39 is 11.5 Å². The van der Waals surface area contributed by atoms with Crippen LogP contribution in [-0.2, 0) is 0 Å². The topological polar surface area (TPSA) is 81.4 Å². The maximum absolute atomic E-state index is 12.9. The van der Waals surface area contributed by atoms with Crippen LogP contribution in [-0.4, -0.2) is 17.0 Å². The average Bonchev–Trinajstić information content (AvgIpc) is 2.67. The number of hydrogen-bond acceptors (Lipinski definition) is 5. The Kier molecular flexibility index (Phi) is 4.53. The van der Waals surface area contributed by atoms with Gasteiger partial charge in [-0.1, -0.05) is 6.07 Å². The molecule has 6 nitrogen and oxygen atoms in total. The zero-order valence-electron chi connectivity index (χ0n) is 15.4. The van der Waals surface area contributed by atoms with E-state index in [9.17, 15) is 9.59 Å². The van der Waals surface area contributed by atoms with Crippen molar-refractivity contribution in [2.75, 3.05) is 5.32 Å². The molecule has 4 rings (SSSR count). The summed E-state index contributed by atoms with van der Waals surface area (Å²) in [5.41, 5.74) is 1.34. The van der Waals surface area contributed by atoms with Gasteiger partial charge in [0, 0.05) is 29.1 Å². The fraction of sp³-hybridized carbons (Fsp3) is 0.136. The molecule has 0 saturated heterocycles. The molecule has 6 heteroatoms. The van der Waals surface area contributed by atoms with Crippen LogP contribution >= 0.6 is 0 Å². The van der Waals surface area contributed by atoms with Gasteiger partial charge in [0.05, 0.1) is 22.9 Å². The average molecular weight is 374 g/mol. The van der Waals surface area contributed by atoms with E-state index in [1.165, 1.54) is 6.07 Å². The third-order valence-corrected chi connectivity index (χ3v) is 4.23. The molecular weight excluding hydrogens is 356 g/mol. The molecule has 2 aromatic heterocycles. The first kappa shape index (κ1) is 17.7. The summed E-state index contributed by atoms with van der Waals surface area (Å²) in [7, 11) is 0. The molecule has 2 aromatic carbocycles.